The monoisotopic (exact) mass is 221 g/mol. The molecule has 2 rings (SSSR count). The molecule has 0 spiro atoms. The number of hydrogen-bond donors (Lipinski definition) is 0. The standard InChI is InChI=1S/C11H11NO2S/c1-15(13,14)11-9(7-12)10(11)8-5-3-2-4-6-8/h2-6,9-11H,1H3/t9-,10+,11+/m0/s1. The summed E-state index contributed by atoms with van der Waals surface area (Å²) >= 11 is 0. The summed E-state index contributed by atoms with van der Waals surface area (Å²) in [5.41, 5.74) is 0.944. The third-order valence-corrected chi connectivity index (χ3v) is 4.36. The van der Waals surface area contributed by atoms with E-state index in [0.717, 1.165) is 5.56 Å². The molecular formula is C11H11NO2S. The van der Waals surface area contributed by atoms with Crippen LogP contribution in [0.4, 0.5) is 0 Å². The average Bonchev–Trinajstić information content (AvgIpc) is 2.92. The second-order valence-corrected chi connectivity index (χ2v) is 6.09. The fourth-order valence-corrected chi connectivity index (χ4v) is 3.57. The molecule has 3 nitrogen and oxygen atoms in total. The Morgan fingerprint density at radius 1 is 1.27 bits per heavy atom. The van der Waals surface area contributed by atoms with Gasteiger partial charge in [-0.2, -0.15) is 5.26 Å². The lowest BCUT2D eigenvalue weighted by Crippen LogP contribution is -2.06. The predicted molar refractivity (Wildman–Crippen MR) is 56.9 cm³/mol. The van der Waals surface area contributed by atoms with Crippen LogP contribution in [0.5, 0.6) is 0 Å². The Labute approximate surface area is 89.3 Å². The van der Waals surface area contributed by atoms with Crippen molar-refractivity contribution in [1.29, 1.82) is 5.26 Å². The molecule has 0 aromatic heterocycles. The van der Waals surface area contributed by atoms with Gasteiger partial charge in [0.1, 0.15) is 0 Å². The van der Waals surface area contributed by atoms with E-state index in [-0.39, 0.29) is 11.8 Å². The maximum absolute atomic E-state index is 11.4. The first kappa shape index (κ1) is 10.2. The van der Waals surface area contributed by atoms with Crippen LogP contribution in [0.15, 0.2) is 30.3 Å². The third kappa shape index (κ3) is 1.75. The molecule has 1 fully saturated rings. The van der Waals surface area contributed by atoms with Crippen molar-refractivity contribution in [1.82, 2.24) is 0 Å². The highest BCUT2D eigenvalue weighted by Gasteiger charge is 2.57. The van der Waals surface area contributed by atoms with E-state index in [1.807, 2.05) is 30.3 Å². The van der Waals surface area contributed by atoms with Gasteiger partial charge in [-0.05, 0) is 5.56 Å². The number of benzene rings is 1. The molecule has 1 aliphatic rings. The lowest BCUT2D eigenvalue weighted by Gasteiger charge is -1.97. The van der Waals surface area contributed by atoms with Gasteiger partial charge in [0, 0.05) is 12.2 Å². The molecule has 3 atom stereocenters. The van der Waals surface area contributed by atoms with E-state index in [4.69, 9.17) is 5.26 Å². The van der Waals surface area contributed by atoms with E-state index >= 15 is 0 Å². The zero-order valence-electron chi connectivity index (χ0n) is 8.29. The maximum atomic E-state index is 11.4. The lowest BCUT2D eigenvalue weighted by atomic mass is 10.1. The molecule has 1 aromatic rings. The van der Waals surface area contributed by atoms with Crippen LogP contribution < -0.4 is 0 Å². The molecule has 4 heteroatoms. The summed E-state index contributed by atoms with van der Waals surface area (Å²) in [6.45, 7) is 0. The van der Waals surface area contributed by atoms with Crippen LogP contribution in [0, 0.1) is 17.2 Å². The van der Waals surface area contributed by atoms with Gasteiger partial charge in [-0.25, -0.2) is 8.42 Å². The van der Waals surface area contributed by atoms with E-state index < -0.39 is 15.1 Å². The molecule has 1 saturated carbocycles. The van der Waals surface area contributed by atoms with Crippen molar-refractivity contribution < 1.29 is 8.42 Å². The predicted octanol–water partition coefficient (Wildman–Crippen LogP) is 1.34. The minimum atomic E-state index is -3.11. The molecule has 0 aliphatic heterocycles. The first-order valence-electron chi connectivity index (χ1n) is 4.69. The van der Waals surface area contributed by atoms with Crippen molar-refractivity contribution in [3.63, 3.8) is 0 Å². The highest BCUT2D eigenvalue weighted by atomic mass is 32.2. The van der Waals surface area contributed by atoms with E-state index in [1.54, 1.807) is 0 Å². The summed E-state index contributed by atoms with van der Waals surface area (Å²) in [4.78, 5) is 0. The number of hydrogen-bond acceptors (Lipinski definition) is 3. The van der Waals surface area contributed by atoms with Crippen LogP contribution in [0.25, 0.3) is 0 Å². The summed E-state index contributed by atoms with van der Waals surface area (Å²) in [7, 11) is -3.11. The van der Waals surface area contributed by atoms with Gasteiger partial charge >= 0.3 is 0 Å². The minimum Gasteiger partial charge on any atom is -0.229 e. The van der Waals surface area contributed by atoms with Gasteiger partial charge in [0.05, 0.1) is 17.2 Å². The Morgan fingerprint density at radius 3 is 2.27 bits per heavy atom. The summed E-state index contributed by atoms with van der Waals surface area (Å²) in [5, 5.41) is 8.35. The van der Waals surface area contributed by atoms with Crippen LogP contribution >= 0.6 is 0 Å². The Hall–Kier alpha value is -1.34. The van der Waals surface area contributed by atoms with Crippen molar-refractivity contribution in [3.8, 4) is 6.07 Å². The number of nitrogens with zero attached hydrogens (tertiary/aromatic N) is 1. The van der Waals surface area contributed by atoms with Gasteiger partial charge in [0.2, 0.25) is 0 Å². The van der Waals surface area contributed by atoms with Gasteiger partial charge in [0.25, 0.3) is 0 Å². The molecule has 0 bridgehead atoms. The molecule has 78 valence electrons. The average molecular weight is 221 g/mol. The molecule has 1 aromatic carbocycles. The number of nitriles is 1. The van der Waals surface area contributed by atoms with Crippen molar-refractivity contribution in [3.05, 3.63) is 35.9 Å². The van der Waals surface area contributed by atoms with Crippen LogP contribution in [-0.4, -0.2) is 19.9 Å². The van der Waals surface area contributed by atoms with Gasteiger partial charge in [-0.1, -0.05) is 30.3 Å². The maximum Gasteiger partial charge on any atom is 0.152 e. The van der Waals surface area contributed by atoms with Gasteiger partial charge in [0.15, 0.2) is 9.84 Å². The highest BCUT2D eigenvalue weighted by molar-refractivity contribution is 7.91. The molecule has 15 heavy (non-hydrogen) atoms. The molecule has 0 radical (unpaired) electrons. The van der Waals surface area contributed by atoms with Crippen molar-refractivity contribution >= 4 is 9.84 Å². The van der Waals surface area contributed by atoms with E-state index in [0.29, 0.717) is 0 Å². The Kier molecular flexibility index (Phi) is 2.28. The molecule has 0 heterocycles. The Morgan fingerprint density at radius 2 is 1.87 bits per heavy atom. The molecule has 0 amide bonds. The van der Waals surface area contributed by atoms with Crippen LogP contribution in [0.2, 0.25) is 0 Å². The van der Waals surface area contributed by atoms with Gasteiger partial charge in [-0.3, -0.25) is 0 Å². The summed E-state index contributed by atoms with van der Waals surface area (Å²) < 4.78 is 22.8. The summed E-state index contributed by atoms with van der Waals surface area (Å²) in [6, 6.07) is 11.4. The largest absolute Gasteiger partial charge is 0.229 e. The fraction of sp³-hybridized carbons (Fsp3) is 0.364. The van der Waals surface area contributed by atoms with Crippen LogP contribution in [0.1, 0.15) is 11.5 Å². The van der Waals surface area contributed by atoms with Crippen LogP contribution in [0.3, 0.4) is 0 Å². The van der Waals surface area contributed by atoms with Gasteiger partial charge < -0.3 is 0 Å². The molecule has 0 N–H and O–H groups in total. The quantitative estimate of drug-likeness (QED) is 0.757. The van der Waals surface area contributed by atoms with Crippen molar-refractivity contribution in [2.24, 2.45) is 5.92 Å². The zero-order chi connectivity index (χ0) is 11.1. The van der Waals surface area contributed by atoms with E-state index in [9.17, 15) is 8.42 Å². The smallest absolute Gasteiger partial charge is 0.152 e. The number of rotatable bonds is 2. The van der Waals surface area contributed by atoms with E-state index in [2.05, 4.69) is 6.07 Å². The fourth-order valence-electron chi connectivity index (χ4n) is 2.04. The number of sulfone groups is 1. The lowest BCUT2D eigenvalue weighted by molar-refractivity contribution is 0.599. The van der Waals surface area contributed by atoms with Gasteiger partial charge in [-0.15, -0.1) is 0 Å². The van der Waals surface area contributed by atoms with Crippen molar-refractivity contribution in [2.75, 3.05) is 6.26 Å². The topological polar surface area (TPSA) is 57.9 Å². The molecular weight excluding hydrogens is 210 g/mol. The third-order valence-electron chi connectivity index (χ3n) is 2.78. The Bertz CT molecular complexity index is 501. The summed E-state index contributed by atoms with van der Waals surface area (Å²) in [6.07, 6.45) is 1.20. The Balaban J connectivity index is 2.32. The van der Waals surface area contributed by atoms with Crippen molar-refractivity contribution in [2.45, 2.75) is 11.2 Å². The summed E-state index contributed by atoms with van der Waals surface area (Å²) in [5.74, 6) is -0.506. The first-order valence-corrected chi connectivity index (χ1v) is 6.64. The normalized spacial score (nSPS) is 29.5. The van der Waals surface area contributed by atoms with Crippen LogP contribution in [-0.2, 0) is 9.84 Å². The molecule has 0 unspecified atom stereocenters. The SMILES string of the molecule is CS(=O)(=O)[C@@H]1[C@@H](C#N)[C@H]1c1ccccc1. The minimum absolute atomic E-state index is 0.133. The highest BCUT2D eigenvalue weighted by Crippen LogP contribution is 2.51. The zero-order valence-corrected chi connectivity index (χ0v) is 9.11. The second-order valence-electron chi connectivity index (χ2n) is 3.89. The first-order chi connectivity index (χ1) is 7.05. The van der Waals surface area contributed by atoms with E-state index in [1.165, 1.54) is 6.26 Å². The molecule has 0 saturated heterocycles. The second kappa shape index (κ2) is 3.35. The molecule has 1 aliphatic carbocycles.